The Hall–Kier alpha value is -1.81. The normalized spacial score (nSPS) is 20.0. The van der Waals surface area contributed by atoms with Crippen molar-refractivity contribution in [3.8, 4) is 0 Å². The Labute approximate surface area is 130 Å². The Morgan fingerprint density at radius 3 is 2.61 bits per heavy atom. The second kappa shape index (κ2) is 6.36. The molecule has 2 rings (SSSR count). The van der Waals surface area contributed by atoms with E-state index < -0.39 is 31.0 Å². The van der Waals surface area contributed by atoms with Crippen molar-refractivity contribution in [3.63, 3.8) is 0 Å². The monoisotopic (exact) mass is 336 g/mol. The molecule has 1 aromatic rings. The van der Waals surface area contributed by atoms with Crippen LogP contribution in [0.5, 0.6) is 0 Å². The molecule has 10 heteroatoms. The zero-order chi connectivity index (χ0) is 17.4. The molecule has 1 aliphatic heterocycles. The van der Waals surface area contributed by atoms with Crippen LogP contribution in [-0.4, -0.2) is 62.8 Å². The van der Waals surface area contributed by atoms with Crippen LogP contribution in [0.4, 0.5) is 19.0 Å². The predicted molar refractivity (Wildman–Crippen MR) is 74.6 cm³/mol. The number of aliphatic hydroxyl groups is 2. The molecule has 0 radical (unpaired) electrons. The second-order valence-corrected chi connectivity index (χ2v) is 5.54. The number of rotatable bonds is 5. The van der Waals surface area contributed by atoms with Crippen molar-refractivity contribution in [3.05, 3.63) is 12.0 Å². The van der Waals surface area contributed by atoms with Crippen molar-refractivity contribution in [1.29, 1.82) is 0 Å². The number of aryl methyl sites for hydroxylation is 1. The average molecular weight is 336 g/mol. The van der Waals surface area contributed by atoms with E-state index in [-0.39, 0.29) is 19.4 Å². The number of halogens is 3. The summed E-state index contributed by atoms with van der Waals surface area (Å²) in [6, 6.07) is 0. The van der Waals surface area contributed by atoms with Crippen LogP contribution in [0.1, 0.15) is 29.8 Å². The van der Waals surface area contributed by atoms with Gasteiger partial charge in [-0.1, -0.05) is 0 Å². The zero-order valence-electron chi connectivity index (χ0n) is 12.8. The number of unbranched alkanes of at least 4 members (excludes halogenated alkanes) is 1. The van der Waals surface area contributed by atoms with Crippen molar-refractivity contribution in [2.75, 3.05) is 18.5 Å². The molecule has 0 spiro atoms. The molecule has 2 heterocycles. The van der Waals surface area contributed by atoms with E-state index in [2.05, 4.69) is 4.98 Å². The van der Waals surface area contributed by atoms with Crippen molar-refractivity contribution in [1.82, 2.24) is 14.5 Å². The molecule has 7 nitrogen and oxygen atoms in total. The number of fused-ring (bicyclic) bond motifs is 1. The number of aromatic nitrogens is 2. The number of amides is 1. The van der Waals surface area contributed by atoms with Gasteiger partial charge in [-0.2, -0.15) is 13.2 Å². The predicted octanol–water partition coefficient (Wildman–Crippen LogP) is 0.681. The summed E-state index contributed by atoms with van der Waals surface area (Å²) in [4.78, 5) is 19.0. The third kappa shape index (κ3) is 3.42. The minimum absolute atomic E-state index is 0.0825. The lowest BCUT2D eigenvalue weighted by atomic mass is 10.1. The highest BCUT2D eigenvalue weighted by molar-refractivity contribution is 5.99. The van der Waals surface area contributed by atoms with E-state index >= 15 is 0 Å². The van der Waals surface area contributed by atoms with Crippen LogP contribution < -0.4 is 4.90 Å². The molecule has 0 fully saturated rings. The average Bonchev–Trinajstić information content (AvgIpc) is 2.85. The molecule has 0 aliphatic carbocycles. The fraction of sp³-hybridized carbons (Fsp3) is 0.692. The highest BCUT2D eigenvalue weighted by atomic mass is 19.4. The van der Waals surface area contributed by atoms with E-state index in [0.717, 1.165) is 0 Å². The topological polar surface area (TPSA) is 81.8 Å². The van der Waals surface area contributed by atoms with Crippen LogP contribution in [0.3, 0.4) is 0 Å². The first-order valence-corrected chi connectivity index (χ1v) is 7.12. The smallest absolute Gasteiger partial charge is 0.384 e. The van der Waals surface area contributed by atoms with Gasteiger partial charge in [-0.3, -0.25) is 9.69 Å². The van der Waals surface area contributed by atoms with Gasteiger partial charge in [0, 0.05) is 20.6 Å². The Balaban J connectivity index is 1.96. The molecule has 0 saturated carbocycles. The molecule has 2 N–H and O–H groups in total. The van der Waals surface area contributed by atoms with Crippen molar-refractivity contribution in [2.24, 2.45) is 7.05 Å². The Morgan fingerprint density at radius 2 is 2.00 bits per heavy atom. The first-order valence-electron chi connectivity index (χ1n) is 7.12. The van der Waals surface area contributed by atoms with Gasteiger partial charge in [0.15, 0.2) is 11.5 Å². The van der Waals surface area contributed by atoms with E-state index in [4.69, 9.17) is 5.11 Å². The number of carbonyl (C=O) groups is 1. The summed E-state index contributed by atoms with van der Waals surface area (Å²) in [5.41, 5.74) is 0.313. The number of aliphatic hydroxyl groups excluding tert-OH is 2. The van der Waals surface area contributed by atoms with Crippen LogP contribution in [0.15, 0.2) is 6.33 Å². The van der Waals surface area contributed by atoms with E-state index in [1.165, 1.54) is 20.7 Å². The maximum absolute atomic E-state index is 12.4. The minimum atomic E-state index is -4.63. The van der Waals surface area contributed by atoms with Gasteiger partial charge in [0.1, 0.15) is 6.10 Å². The van der Waals surface area contributed by atoms with Crippen LogP contribution in [0, 0.1) is 0 Å². The first kappa shape index (κ1) is 17.5. The van der Waals surface area contributed by atoms with Gasteiger partial charge in [0.05, 0.1) is 6.33 Å². The Bertz CT molecular complexity index is 575. The van der Waals surface area contributed by atoms with E-state index in [0.29, 0.717) is 11.5 Å². The van der Waals surface area contributed by atoms with Crippen LogP contribution >= 0.6 is 0 Å². The van der Waals surface area contributed by atoms with Crippen molar-refractivity contribution in [2.45, 2.75) is 37.9 Å². The molecule has 2 unspecified atom stereocenters. The number of carbonyl (C=O) groups excluding carboxylic acids is 1. The van der Waals surface area contributed by atoms with Gasteiger partial charge in [-0.05, 0) is 19.3 Å². The number of hydrogen-bond acceptors (Lipinski definition) is 5. The lowest BCUT2D eigenvalue weighted by Crippen LogP contribution is -2.54. The summed E-state index contributed by atoms with van der Waals surface area (Å²) >= 11 is 0. The highest BCUT2D eigenvalue weighted by Crippen LogP contribution is 2.28. The minimum Gasteiger partial charge on any atom is -0.384 e. The van der Waals surface area contributed by atoms with Crippen molar-refractivity contribution >= 4 is 11.7 Å². The standard InChI is InChI=1S/C13H19F3N4O3/c1-18-7-17-10-9(18)11(22)20(12(23)19(10)2)6-4-3-5-8(21)13(14,15)16/h7-8,12,21,23H,3-6H2,1-2H3. The molecule has 130 valence electrons. The van der Waals surface area contributed by atoms with Gasteiger partial charge in [-0.15, -0.1) is 0 Å². The van der Waals surface area contributed by atoms with E-state index in [1.54, 1.807) is 14.1 Å². The number of imidazole rings is 1. The molecule has 1 aliphatic rings. The molecule has 0 bridgehead atoms. The maximum atomic E-state index is 12.4. The van der Waals surface area contributed by atoms with E-state index in [9.17, 15) is 23.1 Å². The molecule has 1 aromatic heterocycles. The second-order valence-electron chi connectivity index (χ2n) is 5.54. The quantitative estimate of drug-likeness (QED) is 0.773. The fourth-order valence-electron chi connectivity index (χ4n) is 2.48. The summed E-state index contributed by atoms with van der Waals surface area (Å²) in [6.45, 7) is 0.0829. The van der Waals surface area contributed by atoms with E-state index in [1.807, 2.05) is 0 Å². The zero-order valence-corrected chi connectivity index (χ0v) is 12.8. The number of alkyl halides is 3. The number of hydrogen-bond donors (Lipinski definition) is 2. The highest BCUT2D eigenvalue weighted by Gasteiger charge is 2.39. The molecule has 1 amide bonds. The summed E-state index contributed by atoms with van der Waals surface area (Å²) in [5.74, 6) is -0.0734. The lowest BCUT2D eigenvalue weighted by Gasteiger charge is -2.38. The third-order valence-corrected chi connectivity index (χ3v) is 3.84. The van der Waals surface area contributed by atoms with Gasteiger partial charge in [0.2, 0.25) is 6.35 Å². The molecule has 0 saturated heterocycles. The summed E-state index contributed by atoms with van der Waals surface area (Å²) in [6.07, 6.45) is -6.89. The number of nitrogens with zero attached hydrogens (tertiary/aromatic N) is 4. The first-order chi connectivity index (χ1) is 10.6. The largest absolute Gasteiger partial charge is 0.414 e. The molecular formula is C13H19F3N4O3. The van der Waals surface area contributed by atoms with Gasteiger partial charge < -0.3 is 19.7 Å². The van der Waals surface area contributed by atoms with Crippen LogP contribution in [-0.2, 0) is 7.05 Å². The molecular weight excluding hydrogens is 317 g/mol. The van der Waals surface area contributed by atoms with Crippen LogP contribution in [0.25, 0.3) is 0 Å². The van der Waals surface area contributed by atoms with Gasteiger partial charge in [-0.25, -0.2) is 4.98 Å². The SMILES string of the molecule is CN1c2ncn(C)c2C(=O)N(CCCCC(O)C(F)(F)F)C1O. The summed E-state index contributed by atoms with van der Waals surface area (Å²) < 4.78 is 38.2. The molecule has 0 aromatic carbocycles. The van der Waals surface area contributed by atoms with Crippen molar-refractivity contribution < 1.29 is 28.2 Å². The van der Waals surface area contributed by atoms with Gasteiger partial charge in [0.25, 0.3) is 5.91 Å². The number of anilines is 1. The molecule has 2 atom stereocenters. The Morgan fingerprint density at radius 1 is 1.35 bits per heavy atom. The fourth-order valence-corrected chi connectivity index (χ4v) is 2.48. The third-order valence-electron chi connectivity index (χ3n) is 3.84. The Kier molecular flexibility index (Phi) is 4.85. The van der Waals surface area contributed by atoms with Crippen LogP contribution in [0.2, 0.25) is 0 Å². The molecule has 23 heavy (non-hydrogen) atoms. The lowest BCUT2D eigenvalue weighted by molar-refractivity contribution is -0.205. The maximum Gasteiger partial charge on any atom is 0.414 e. The van der Waals surface area contributed by atoms with Gasteiger partial charge >= 0.3 is 6.18 Å². The summed E-state index contributed by atoms with van der Waals surface area (Å²) in [5, 5.41) is 19.1. The summed E-state index contributed by atoms with van der Waals surface area (Å²) in [7, 11) is 3.22.